The zero-order chi connectivity index (χ0) is 35.1. The molecule has 4 amide bonds. The van der Waals surface area contributed by atoms with Crippen LogP contribution in [0.2, 0.25) is 5.02 Å². The summed E-state index contributed by atoms with van der Waals surface area (Å²) in [5, 5.41) is 2.65. The molecular formula is C42H33ClFN3O4. The molecular weight excluding hydrogens is 665 g/mol. The van der Waals surface area contributed by atoms with Gasteiger partial charge >= 0.3 is 6.03 Å². The Morgan fingerprint density at radius 1 is 0.784 bits per heavy atom. The van der Waals surface area contributed by atoms with Crippen molar-refractivity contribution >= 4 is 46.9 Å². The first-order valence-corrected chi connectivity index (χ1v) is 17.3. The fraction of sp³-hybridized carbons (Fsp3) is 0.167. The predicted molar refractivity (Wildman–Crippen MR) is 196 cm³/mol. The van der Waals surface area contributed by atoms with Crippen LogP contribution >= 0.6 is 11.6 Å². The van der Waals surface area contributed by atoms with Crippen LogP contribution in [0.25, 0.3) is 6.08 Å². The van der Waals surface area contributed by atoms with Crippen LogP contribution in [-0.4, -0.2) is 30.9 Å². The van der Waals surface area contributed by atoms with E-state index >= 15 is 0 Å². The number of urea groups is 1. The minimum absolute atomic E-state index is 0.0659. The van der Waals surface area contributed by atoms with Gasteiger partial charge in [-0.25, -0.2) is 14.1 Å². The van der Waals surface area contributed by atoms with E-state index in [1.54, 1.807) is 30.3 Å². The number of rotatable bonds is 7. The van der Waals surface area contributed by atoms with Crippen LogP contribution in [0.3, 0.4) is 0 Å². The van der Waals surface area contributed by atoms with Gasteiger partial charge in [-0.1, -0.05) is 90.5 Å². The van der Waals surface area contributed by atoms with Crippen LogP contribution in [-0.2, 0) is 16.2 Å². The fourth-order valence-electron chi connectivity index (χ4n) is 7.49. The van der Waals surface area contributed by atoms with Gasteiger partial charge in [0, 0.05) is 30.6 Å². The van der Waals surface area contributed by atoms with Crippen molar-refractivity contribution in [1.82, 2.24) is 5.32 Å². The molecule has 9 heteroatoms. The van der Waals surface area contributed by atoms with Gasteiger partial charge in [0.25, 0.3) is 11.8 Å². The van der Waals surface area contributed by atoms with E-state index in [2.05, 4.69) is 34.5 Å². The second kappa shape index (κ2) is 13.5. The van der Waals surface area contributed by atoms with Crippen LogP contribution in [0.15, 0.2) is 121 Å². The smallest absolute Gasteiger partial charge is 0.335 e. The summed E-state index contributed by atoms with van der Waals surface area (Å²) < 4.78 is 19.1. The molecule has 0 spiro atoms. The Labute approximate surface area is 299 Å². The molecule has 1 fully saturated rings. The van der Waals surface area contributed by atoms with Crippen LogP contribution in [0.4, 0.5) is 20.6 Å². The topological polar surface area (TPSA) is 79.0 Å². The molecule has 3 aliphatic heterocycles. The summed E-state index contributed by atoms with van der Waals surface area (Å²) in [6, 6.07) is 34.6. The number of nitrogens with one attached hydrogen (secondary N) is 1. The van der Waals surface area contributed by atoms with Crippen LogP contribution in [0.5, 0.6) is 5.75 Å². The SMILES string of the molecule is O=C1NC(=O)N(c2cc3c4c(c2)[C@@H](c2ccccc2)CCN4CC[C@@H]3c2ccccc2)C(=O)/C1=C/c1ccc(OCc2ccc(F)cc2)c(Cl)c1. The van der Waals surface area contributed by atoms with E-state index in [4.69, 9.17) is 16.3 Å². The number of carbonyl (C=O) groups excluding carboxylic acids is 3. The Balaban J connectivity index is 1.16. The number of nitrogens with zero attached hydrogens (tertiary/aromatic N) is 2. The molecule has 8 rings (SSSR count). The number of barbiturate groups is 1. The molecule has 0 unspecified atom stereocenters. The van der Waals surface area contributed by atoms with Gasteiger partial charge in [0.1, 0.15) is 23.7 Å². The van der Waals surface area contributed by atoms with Gasteiger partial charge < -0.3 is 9.64 Å². The zero-order valence-electron chi connectivity index (χ0n) is 27.5. The molecule has 0 radical (unpaired) electrons. The summed E-state index contributed by atoms with van der Waals surface area (Å²) in [5.74, 6) is -1.33. The van der Waals surface area contributed by atoms with Crippen molar-refractivity contribution in [1.29, 1.82) is 0 Å². The van der Waals surface area contributed by atoms with E-state index in [0.717, 1.165) is 53.2 Å². The Bertz CT molecular complexity index is 2120. The lowest BCUT2D eigenvalue weighted by Crippen LogP contribution is -2.54. The summed E-state index contributed by atoms with van der Waals surface area (Å²) in [6.07, 6.45) is 3.21. The maximum Gasteiger partial charge on any atom is 0.335 e. The number of imide groups is 2. The minimum atomic E-state index is -0.798. The molecule has 0 saturated carbocycles. The van der Waals surface area contributed by atoms with Gasteiger partial charge in [-0.15, -0.1) is 0 Å². The highest BCUT2D eigenvalue weighted by Crippen LogP contribution is 2.50. The second-order valence-corrected chi connectivity index (χ2v) is 13.4. The lowest BCUT2D eigenvalue weighted by molar-refractivity contribution is -0.122. The third kappa shape index (κ3) is 6.28. The fourth-order valence-corrected chi connectivity index (χ4v) is 7.74. The molecule has 51 heavy (non-hydrogen) atoms. The highest BCUT2D eigenvalue weighted by atomic mass is 35.5. The second-order valence-electron chi connectivity index (χ2n) is 13.0. The van der Waals surface area contributed by atoms with Crippen molar-refractivity contribution in [3.8, 4) is 5.75 Å². The third-order valence-electron chi connectivity index (χ3n) is 9.93. The summed E-state index contributed by atoms with van der Waals surface area (Å²) in [5.41, 5.74) is 7.09. The zero-order valence-corrected chi connectivity index (χ0v) is 28.3. The summed E-state index contributed by atoms with van der Waals surface area (Å²) in [6.45, 7) is 1.99. The molecule has 0 bridgehead atoms. The highest BCUT2D eigenvalue weighted by Gasteiger charge is 2.40. The van der Waals surface area contributed by atoms with Crippen LogP contribution in [0, 0.1) is 5.82 Å². The van der Waals surface area contributed by atoms with E-state index in [0.29, 0.717) is 17.0 Å². The maximum absolute atomic E-state index is 14.2. The summed E-state index contributed by atoms with van der Waals surface area (Å²) in [7, 11) is 0. The Morgan fingerprint density at radius 2 is 1.39 bits per heavy atom. The first-order valence-electron chi connectivity index (χ1n) is 16.9. The van der Waals surface area contributed by atoms with E-state index in [1.165, 1.54) is 29.3 Å². The average Bonchev–Trinajstić information content (AvgIpc) is 3.14. The van der Waals surface area contributed by atoms with Gasteiger partial charge in [-0.2, -0.15) is 0 Å². The number of halogens is 2. The largest absolute Gasteiger partial charge is 0.487 e. The lowest BCUT2D eigenvalue weighted by Gasteiger charge is -2.44. The van der Waals surface area contributed by atoms with Crippen LogP contribution in [0.1, 0.15) is 58.1 Å². The molecule has 7 nitrogen and oxygen atoms in total. The summed E-state index contributed by atoms with van der Waals surface area (Å²) in [4.78, 5) is 44.4. The molecule has 2 atom stereocenters. The van der Waals surface area contributed by atoms with Crippen molar-refractivity contribution in [3.05, 3.63) is 165 Å². The number of benzene rings is 5. The molecule has 5 aromatic carbocycles. The Kier molecular flexibility index (Phi) is 8.61. The third-order valence-corrected chi connectivity index (χ3v) is 10.2. The Morgan fingerprint density at radius 3 is 1.98 bits per heavy atom. The summed E-state index contributed by atoms with van der Waals surface area (Å²) >= 11 is 6.54. The molecule has 0 aromatic heterocycles. The minimum Gasteiger partial charge on any atom is -0.487 e. The molecule has 1 N–H and O–H groups in total. The lowest BCUT2D eigenvalue weighted by atomic mass is 9.76. The highest BCUT2D eigenvalue weighted by molar-refractivity contribution is 6.39. The standard InChI is InChI=1S/C42H33ClFN3O4/c43-37-22-27(13-16-38(37)51-25-26-11-14-30(44)15-12-26)21-36-40(48)45-42(50)47(41(36)49)31-23-34-32(28-7-3-1-4-8-28)17-19-46-20-18-33(35(24-31)39(34)46)29-9-5-2-6-10-29/h1-16,21-24,32-33H,17-20,25H2,(H,45,48,50)/b36-21+/t32-,33-/m1/s1. The number of anilines is 2. The van der Waals surface area contributed by atoms with Gasteiger partial charge in [0.2, 0.25) is 0 Å². The monoisotopic (exact) mass is 697 g/mol. The Hall–Kier alpha value is -5.73. The van der Waals surface area contributed by atoms with Crippen molar-refractivity contribution in [2.75, 3.05) is 22.9 Å². The molecule has 3 aliphatic rings. The van der Waals surface area contributed by atoms with Gasteiger partial charge in [-0.05, 0) is 88.7 Å². The number of hydrogen-bond acceptors (Lipinski definition) is 5. The molecule has 5 aromatic rings. The maximum atomic E-state index is 14.2. The molecule has 1 saturated heterocycles. The van der Waals surface area contributed by atoms with Crippen molar-refractivity contribution in [3.63, 3.8) is 0 Å². The van der Waals surface area contributed by atoms with E-state index in [9.17, 15) is 18.8 Å². The first-order chi connectivity index (χ1) is 24.8. The van der Waals surface area contributed by atoms with E-state index in [1.807, 2.05) is 48.5 Å². The predicted octanol–water partition coefficient (Wildman–Crippen LogP) is 8.60. The van der Waals surface area contributed by atoms with Gasteiger partial charge in [-0.3, -0.25) is 14.9 Å². The number of amides is 4. The van der Waals surface area contributed by atoms with Crippen molar-refractivity contribution < 1.29 is 23.5 Å². The van der Waals surface area contributed by atoms with Crippen molar-refractivity contribution in [2.45, 2.75) is 31.3 Å². The average molecular weight is 698 g/mol. The molecule has 254 valence electrons. The van der Waals surface area contributed by atoms with E-state index < -0.39 is 17.8 Å². The van der Waals surface area contributed by atoms with Gasteiger partial charge in [0.05, 0.1) is 10.7 Å². The number of ether oxygens (including phenoxy) is 1. The first kappa shape index (κ1) is 32.5. The normalized spacial score (nSPS) is 19.2. The number of hydrogen-bond donors (Lipinski definition) is 1. The van der Waals surface area contributed by atoms with Crippen molar-refractivity contribution in [2.24, 2.45) is 0 Å². The number of carbonyl (C=O) groups is 3. The quantitative estimate of drug-likeness (QED) is 0.136. The van der Waals surface area contributed by atoms with Gasteiger partial charge in [0.15, 0.2) is 0 Å². The molecule has 0 aliphatic carbocycles. The van der Waals surface area contributed by atoms with Crippen LogP contribution < -0.4 is 19.9 Å². The van der Waals surface area contributed by atoms with E-state index in [-0.39, 0.29) is 34.9 Å². The molecule has 3 heterocycles.